The van der Waals surface area contributed by atoms with Gasteiger partial charge in [0.2, 0.25) is 0 Å². The average molecular weight is 273 g/mol. The lowest BCUT2D eigenvalue weighted by atomic mass is 10.1. The Balaban J connectivity index is 1.95. The van der Waals surface area contributed by atoms with Crippen molar-refractivity contribution in [3.63, 3.8) is 0 Å². The first kappa shape index (κ1) is 14.5. The predicted octanol–water partition coefficient (Wildman–Crippen LogP) is 3.43. The van der Waals surface area contributed by atoms with E-state index in [9.17, 15) is 0 Å². The molecule has 0 spiro atoms. The van der Waals surface area contributed by atoms with Crippen LogP contribution in [0.1, 0.15) is 46.0 Å². The number of rotatable bonds is 8. The highest BCUT2D eigenvalue weighted by molar-refractivity contribution is 5.56. The Morgan fingerprint density at radius 1 is 1.30 bits per heavy atom. The molecule has 2 rings (SSSR count). The molecule has 0 aliphatic rings. The number of nitrogens with zero attached hydrogens (tertiary/aromatic N) is 4. The van der Waals surface area contributed by atoms with Crippen LogP contribution in [0.3, 0.4) is 0 Å². The third-order valence-corrected chi connectivity index (χ3v) is 3.32. The van der Waals surface area contributed by atoms with Gasteiger partial charge in [-0.1, -0.05) is 32.6 Å². The molecule has 0 amide bonds. The van der Waals surface area contributed by atoms with Crippen molar-refractivity contribution in [2.75, 3.05) is 5.32 Å². The Bertz CT molecular complexity index is 495. The fourth-order valence-corrected chi connectivity index (χ4v) is 2.22. The van der Waals surface area contributed by atoms with Gasteiger partial charge in [-0.2, -0.15) is 5.10 Å². The molecule has 108 valence electrons. The Morgan fingerprint density at radius 3 is 2.95 bits per heavy atom. The highest BCUT2D eigenvalue weighted by atomic mass is 15.3. The van der Waals surface area contributed by atoms with Crippen molar-refractivity contribution in [1.29, 1.82) is 0 Å². The van der Waals surface area contributed by atoms with Crippen LogP contribution >= 0.6 is 0 Å². The van der Waals surface area contributed by atoms with Crippen molar-refractivity contribution >= 4 is 5.69 Å². The molecule has 2 aromatic heterocycles. The van der Waals surface area contributed by atoms with Crippen molar-refractivity contribution in [1.82, 2.24) is 19.7 Å². The quantitative estimate of drug-likeness (QED) is 0.749. The van der Waals surface area contributed by atoms with Gasteiger partial charge in [0.05, 0.1) is 5.69 Å². The number of pyridine rings is 1. The first-order chi connectivity index (χ1) is 9.81. The smallest absolute Gasteiger partial charge is 0.178 e. The highest BCUT2D eigenvalue weighted by Gasteiger charge is 2.09. The molecule has 0 fully saturated rings. The van der Waals surface area contributed by atoms with E-state index in [4.69, 9.17) is 0 Å². The van der Waals surface area contributed by atoms with Crippen LogP contribution in [0.4, 0.5) is 5.69 Å². The molecule has 1 atom stereocenters. The second-order valence-corrected chi connectivity index (χ2v) is 5.11. The summed E-state index contributed by atoms with van der Waals surface area (Å²) in [5.74, 6) is 0.797. The van der Waals surface area contributed by atoms with Crippen LogP contribution in [0.5, 0.6) is 0 Å². The lowest BCUT2D eigenvalue weighted by molar-refractivity contribution is 0.593. The zero-order valence-corrected chi connectivity index (χ0v) is 12.3. The SMILES string of the molecule is CCCCCCC(C)Nc1cccnc1-n1cncn1. The zero-order valence-electron chi connectivity index (χ0n) is 12.3. The molecule has 0 radical (unpaired) electrons. The Morgan fingerprint density at radius 2 is 2.20 bits per heavy atom. The molecule has 0 bridgehead atoms. The Labute approximate surface area is 120 Å². The van der Waals surface area contributed by atoms with Gasteiger partial charge >= 0.3 is 0 Å². The van der Waals surface area contributed by atoms with Crippen molar-refractivity contribution in [3.05, 3.63) is 31.0 Å². The first-order valence-electron chi connectivity index (χ1n) is 7.37. The van der Waals surface area contributed by atoms with E-state index in [2.05, 4.69) is 34.2 Å². The summed E-state index contributed by atoms with van der Waals surface area (Å²) >= 11 is 0. The molecule has 1 unspecified atom stereocenters. The van der Waals surface area contributed by atoms with Gasteiger partial charge < -0.3 is 5.32 Å². The van der Waals surface area contributed by atoms with Gasteiger partial charge in [-0.3, -0.25) is 0 Å². The summed E-state index contributed by atoms with van der Waals surface area (Å²) in [4.78, 5) is 8.35. The molecule has 5 heteroatoms. The molecule has 1 N–H and O–H groups in total. The average Bonchev–Trinajstić information content (AvgIpc) is 2.98. The minimum Gasteiger partial charge on any atom is -0.380 e. The number of hydrogen-bond donors (Lipinski definition) is 1. The minimum absolute atomic E-state index is 0.429. The van der Waals surface area contributed by atoms with Crippen LogP contribution in [0, 0.1) is 0 Å². The molecular formula is C15H23N5. The maximum Gasteiger partial charge on any atom is 0.178 e. The summed E-state index contributed by atoms with van der Waals surface area (Å²) in [5, 5.41) is 7.67. The minimum atomic E-state index is 0.429. The largest absolute Gasteiger partial charge is 0.380 e. The molecule has 0 saturated heterocycles. The third kappa shape index (κ3) is 4.05. The molecule has 0 saturated carbocycles. The molecular weight excluding hydrogens is 250 g/mol. The van der Waals surface area contributed by atoms with Gasteiger partial charge in [0, 0.05) is 12.2 Å². The molecule has 0 aliphatic carbocycles. The number of unbranched alkanes of at least 4 members (excludes halogenated alkanes) is 3. The first-order valence-corrected chi connectivity index (χ1v) is 7.37. The normalized spacial score (nSPS) is 12.3. The van der Waals surface area contributed by atoms with E-state index < -0.39 is 0 Å². The Hall–Kier alpha value is -1.91. The van der Waals surface area contributed by atoms with Crippen LogP contribution in [-0.2, 0) is 0 Å². The van der Waals surface area contributed by atoms with Gasteiger partial charge in [-0.25, -0.2) is 14.6 Å². The summed E-state index contributed by atoms with van der Waals surface area (Å²) in [6.45, 7) is 4.45. The molecule has 2 heterocycles. The van der Waals surface area contributed by atoms with Crippen LogP contribution in [0.25, 0.3) is 5.82 Å². The van der Waals surface area contributed by atoms with Crippen LogP contribution in [0.15, 0.2) is 31.0 Å². The molecule has 2 aromatic rings. The topological polar surface area (TPSA) is 55.6 Å². The predicted molar refractivity (Wildman–Crippen MR) is 81.0 cm³/mol. The van der Waals surface area contributed by atoms with Gasteiger partial charge in [0.1, 0.15) is 12.7 Å². The number of nitrogens with one attached hydrogen (secondary N) is 1. The molecule has 0 aromatic carbocycles. The van der Waals surface area contributed by atoms with Crippen molar-refractivity contribution < 1.29 is 0 Å². The monoisotopic (exact) mass is 273 g/mol. The van der Waals surface area contributed by atoms with Gasteiger partial charge in [0.25, 0.3) is 0 Å². The van der Waals surface area contributed by atoms with Crippen molar-refractivity contribution in [3.8, 4) is 5.82 Å². The summed E-state index contributed by atoms with van der Waals surface area (Å²) < 4.78 is 1.69. The lowest BCUT2D eigenvalue weighted by Gasteiger charge is -2.17. The van der Waals surface area contributed by atoms with E-state index in [-0.39, 0.29) is 0 Å². The van der Waals surface area contributed by atoms with Crippen molar-refractivity contribution in [2.45, 2.75) is 52.0 Å². The van der Waals surface area contributed by atoms with Gasteiger partial charge in [0.15, 0.2) is 5.82 Å². The number of aromatic nitrogens is 4. The van der Waals surface area contributed by atoms with Gasteiger partial charge in [-0.15, -0.1) is 0 Å². The summed E-state index contributed by atoms with van der Waals surface area (Å²) in [6, 6.07) is 4.40. The summed E-state index contributed by atoms with van der Waals surface area (Å²) in [5.41, 5.74) is 1.00. The van der Waals surface area contributed by atoms with E-state index in [1.165, 1.54) is 38.4 Å². The lowest BCUT2D eigenvalue weighted by Crippen LogP contribution is -2.17. The Kier molecular flexibility index (Phi) is 5.53. The van der Waals surface area contributed by atoms with E-state index in [0.717, 1.165) is 11.5 Å². The zero-order chi connectivity index (χ0) is 14.2. The fourth-order valence-electron chi connectivity index (χ4n) is 2.22. The van der Waals surface area contributed by atoms with Crippen molar-refractivity contribution in [2.24, 2.45) is 0 Å². The molecule has 0 aliphatic heterocycles. The maximum atomic E-state index is 4.38. The van der Waals surface area contributed by atoms with Crippen LogP contribution in [0.2, 0.25) is 0 Å². The summed E-state index contributed by atoms with van der Waals surface area (Å²) in [6.07, 6.45) is 11.3. The van der Waals surface area contributed by atoms with Crippen LogP contribution in [-0.4, -0.2) is 25.8 Å². The van der Waals surface area contributed by atoms with E-state index >= 15 is 0 Å². The van der Waals surface area contributed by atoms with Crippen LogP contribution < -0.4 is 5.32 Å². The second-order valence-electron chi connectivity index (χ2n) is 5.11. The third-order valence-electron chi connectivity index (χ3n) is 3.32. The standard InChI is InChI=1S/C15H23N5/c1-3-4-5-6-8-13(2)19-14-9-7-10-17-15(14)20-12-16-11-18-20/h7,9-13,19H,3-6,8H2,1-2H3. The molecule has 20 heavy (non-hydrogen) atoms. The van der Waals surface area contributed by atoms with E-state index in [1.54, 1.807) is 17.2 Å². The highest BCUT2D eigenvalue weighted by Crippen LogP contribution is 2.18. The maximum absolute atomic E-state index is 4.38. The van der Waals surface area contributed by atoms with E-state index in [1.807, 2.05) is 12.1 Å². The number of anilines is 1. The second kappa shape index (κ2) is 7.62. The fraction of sp³-hybridized carbons (Fsp3) is 0.533. The molecule has 5 nitrogen and oxygen atoms in total. The summed E-state index contributed by atoms with van der Waals surface area (Å²) in [7, 11) is 0. The van der Waals surface area contributed by atoms with Gasteiger partial charge in [-0.05, 0) is 25.5 Å². The number of hydrogen-bond acceptors (Lipinski definition) is 4. The van der Waals surface area contributed by atoms with E-state index in [0.29, 0.717) is 6.04 Å².